The SMILES string of the molecule is CCCCC/C=C/CCCCCC/C=C/C=O. The average Bonchev–Trinajstić information content (AvgIpc) is 2.35. The van der Waals surface area contributed by atoms with Gasteiger partial charge in [-0.05, 0) is 44.6 Å². The zero-order valence-electron chi connectivity index (χ0n) is 11.4. The van der Waals surface area contributed by atoms with E-state index in [9.17, 15) is 4.79 Å². The summed E-state index contributed by atoms with van der Waals surface area (Å²) in [5.74, 6) is 0. The first-order chi connectivity index (χ1) is 8.41. The molecule has 0 aromatic heterocycles. The number of rotatable bonds is 12. The van der Waals surface area contributed by atoms with Crippen LogP contribution in [0.25, 0.3) is 0 Å². The molecule has 0 aromatic carbocycles. The molecule has 1 nitrogen and oxygen atoms in total. The largest absolute Gasteiger partial charge is 0.299 e. The molecule has 0 aliphatic heterocycles. The van der Waals surface area contributed by atoms with E-state index in [4.69, 9.17) is 0 Å². The highest BCUT2D eigenvalue weighted by molar-refractivity contribution is 5.64. The van der Waals surface area contributed by atoms with Gasteiger partial charge in [0, 0.05) is 0 Å². The molecule has 0 atom stereocenters. The molecular weight excluding hydrogens is 208 g/mol. The molecule has 0 fully saturated rings. The molecule has 0 N–H and O–H groups in total. The van der Waals surface area contributed by atoms with Crippen LogP contribution in [0.15, 0.2) is 24.3 Å². The fraction of sp³-hybridized carbons (Fsp3) is 0.688. The van der Waals surface area contributed by atoms with Gasteiger partial charge in [0.2, 0.25) is 0 Å². The number of hydrogen-bond donors (Lipinski definition) is 0. The Morgan fingerprint density at radius 3 is 1.76 bits per heavy atom. The predicted octanol–water partition coefficient (Wildman–Crippen LogP) is 5.22. The predicted molar refractivity (Wildman–Crippen MR) is 76.2 cm³/mol. The fourth-order valence-corrected chi connectivity index (χ4v) is 1.78. The van der Waals surface area contributed by atoms with E-state index in [0.717, 1.165) is 12.7 Å². The van der Waals surface area contributed by atoms with E-state index >= 15 is 0 Å². The van der Waals surface area contributed by atoms with Crippen LogP contribution in [0.1, 0.15) is 71.1 Å². The summed E-state index contributed by atoms with van der Waals surface area (Å²) in [6, 6.07) is 0. The smallest absolute Gasteiger partial charge is 0.142 e. The number of allylic oxidation sites excluding steroid dienone is 4. The first-order valence-corrected chi connectivity index (χ1v) is 7.17. The summed E-state index contributed by atoms with van der Waals surface area (Å²) in [5.41, 5.74) is 0. The first-order valence-electron chi connectivity index (χ1n) is 7.17. The van der Waals surface area contributed by atoms with Crippen LogP contribution in [-0.4, -0.2) is 6.29 Å². The number of carbonyl (C=O) groups is 1. The van der Waals surface area contributed by atoms with Crippen LogP contribution in [0.5, 0.6) is 0 Å². The quantitative estimate of drug-likeness (QED) is 0.196. The van der Waals surface area contributed by atoms with Crippen LogP contribution in [0.3, 0.4) is 0 Å². The fourth-order valence-electron chi connectivity index (χ4n) is 1.78. The van der Waals surface area contributed by atoms with E-state index in [1.165, 1.54) is 57.8 Å². The summed E-state index contributed by atoms with van der Waals surface area (Å²) < 4.78 is 0. The Morgan fingerprint density at radius 1 is 0.706 bits per heavy atom. The Bertz CT molecular complexity index is 204. The standard InChI is InChI=1S/C16H28O/c1-2-3-4-5-6-7-8-9-10-11-12-13-14-15-16-17/h6-7,14-16H,2-5,8-13H2,1H3/b7-6+,15-14+. The summed E-state index contributed by atoms with van der Waals surface area (Å²) in [4.78, 5) is 10.0. The molecule has 0 saturated heterocycles. The van der Waals surface area contributed by atoms with E-state index in [2.05, 4.69) is 19.1 Å². The van der Waals surface area contributed by atoms with Crippen LogP contribution in [0, 0.1) is 0 Å². The number of hydrogen-bond acceptors (Lipinski definition) is 1. The summed E-state index contributed by atoms with van der Waals surface area (Å²) >= 11 is 0. The number of unbranched alkanes of at least 4 members (excludes halogenated alkanes) is 8. The van der Waals surface area contributed by atoms with Gasteiger partial charge in [0.1, 0.15) is 6.29 Å². The van der Waals surface area contributed by atoms with Gasteiger partial charge < -0.3 is 0 Å². The summed E-state index contributed by atoms with van der Waals surface area (Å²) in [6.45, 7) is 2.24. The van der Waals surface area contributed by atoms with Gasteiger partial charge >= 0.3 is 0 Å². The second-order valence-corrected chi connectivity index (χ2v) is 4.52. The van der Waals surface area contributed by atoms with Gasteiger partial charge in [-0.3, -0.25) is 4.79 Å². The third kappa shape index (κ3) is 15.1. The van der Waals surface area contributed by atoms with Crippen molar-refractivity contribution in [3.8, 4) is 0 Å². The molecule has 0 bridgehead atoms. The molecule has 0 amide bonds. The normalized spacial score (nSPS) is 11.6. The Hall–Kier alpha value is -0.850. The molecule has 0 aliphatic carbocycles. The van der Waals surface area contributed by atoms with Crippen LogP contribution >= 0.6 is 0 Å². The third-order valence-corrected chi connectivity index (χ3v) is 2.85. The average molecular weight is 236 g/mol. The molecule has 0 aromatic rings. The van der Waals surface area contributed by atoms with Crippen molar-refractivity contribution >= 4 is 6.29 Å². The maximum atomic E-state index is 10.0. The van der Waals surface area contributed by atoms with Gasteiger partial charge in [0.25, 0.3) is 0 Å². The Kier molecular flexibility index (Phi) is 14.4. The maximum absolute atomic E-state index is 10.0. The van der Waals surface area contributed by atoms with Gasteiger partial charge in [0.15, 0.2) is 0 Å². The number of carbonyl (C=O) groups excluding carboxylic acids is 1. The van der Waals surface area contributed by atoms with Gasteiger partial charge in [-0.15, -0.1) is 0 Å². The third-order valence-electron chi connectivity index (χ3n) is 2.85. The van der Waals surface area contributed by atoms with Crippen LogP contribution in [0.2, 0.25) is 0 Å². The van der Waals surface area contributed by atoms with E-state index in [1.54, 1.807) is 6.08 Å². The number of aldehydes is 1. The summed E-state index contributed by atoms with van der Waals surface area (Å²) in [6.07, 6.45) is 21.7. The van der Waals surface area contributed by atoms with Gasteiger partial charge in [-0.2, -0.15) is 0 Å². The molecule has 0 saturated carbocycles. The van der Waals surface area contributed by atoms with Crippen molar-refractivity contribution in [2.75, 3.05) is 0 Å². The Morgan fingerprint density at radius 2 is 1.24 bits per heavy atom. The summed E-state index contributed by atoms with van der Waals surface area (Å²) in [7, 11) is 0. The molecule has 0 unspecified atom stereocenters. The summed E-state index contributed by atoms with van der Waals surface area (Å²) in [5, 5.41) is 0. The van der Waals surface area contributed by atoms with Crippen molar-refractivity contribution in [3.05, 3.63) is 24.3 Å². The maximum Gasteiger partial charge on any atom is 0.142 e. The lowest BCUT2D eigenvalue weighted by atomic mass is 10.1. The van der Waals surface area contributed by atoms with Gasteiger partial charge in [0.05, 0.1) is 0 Å². The molecule has 0 aliphatic rings. The van der Waals surface area contributed by atoms with Crippen molar-refractivity contribution in [1.82, 2.24) is 0 Å². The van der Waals surface area contributed by atoms with Gasteiger partial charge in [-0.25, -0.2) is 0 Å². The van der Waals surface area contributed by atoms with Crippen LogP contribution in [-0.2, 0) is 4.79 Å². The molecule has 0 heterocycles. The molecule has 0 radical (unpaired) electrons. The zero-order chi connectivity index (χ0) is 12.6. The van der Waals surface area contributed by atoms with Gasteiger partial charge in [-0.1, -0.05) is 50.8 Å². The molecule has 17 heavy (non-hydrogen) atoms. The van der Waals surface area contributed by atoms with E-state index in [0.29, 0.717) is 0 Å². The highest BCUT2D eigenvalue weighted by Crippen LogP contribution is 2.07. The molecular formula is C16H28O. The van der Waals surface area contributed by atoms with Crippen molar-refractivity contribution < 1.29 is 4.79 Å². The van der Waals surface area contributed by atoms with Crippen molar-refractivity contribution in [1.29, 1.82) is 0 Å². The van der Waals surface area contributed by atoms with Crippen molar-refractivity contribution in [2.24, 2.45) is 0 Å². The molecule has 0 rings (SSSR count). The second-order valence-electron chi connectivity index (χ2n) is 4.52. The highest BCUT2D eigenvalue weighted by atomic mass is 16.1. The highest BCUT2D eigenvalue weighted by Gasteiger charge is 1.87. The van der Waals surface area contributed by atoms with Crippen molar-refractivity contribution in [2.45, 2.75) is 71.1 Å². The molecule has 1 heteroatoms. The van der Waals surface area contributed by atoms with Crippen LogP contribution in [0.4, 0.5) is 0 Å². The Balaban J connectivity index is 3.07. The molecule has 98 valence electrons. The zero-order valence-corrected chi connectivity index (χ0v) is 11.4. The minimum absolute atomic E-state index is 0.851. The van der Waals surface area contributed by atoms with E-state index in [-0.39, 0.29) is 0 Å². The first kappa shape index (κ1) is 16.1. The van der Waals surface area contributed by atoms with E-state index < -0.39 is 0 Å². The molecule has 0 spiro atoms. The lowest BCUT2D eigenvalue weighted by Crippen LogP contribution is -1.77. The van der Waals surface area contributed by atoms with Crippen LogP contribution < -0.4 is 0 Å². The lowest BCUT2D eigenvalue weighted by Gasteiger charge is -1.97. The second kappa shape index (κ2) is 15.1. The monoisotopic (exact) mass is 236 g/mol. The lowest BCUT2D eigenvalue weighted by molar-refractivity contribution is -0.104. The minimum atomic E-state index is 0.851. The topological polar surface area (TPSA) is 17.1 Å². The van der Waals surface area contributed by atoms with E-state index in [1.807, 2.05) is 6.08 Å². The minimum Gasteiger partial charge on any atom is -0.299 e. The van der Waals surface area contributed by atoms with Crippen molar-refractivity contribution in [3.63, 3.8) is 0 Å². The Labute approximate surface area is 107 Å².